The van der Waals surface area contributed by atoms with Gasteiger partial charge in [0.05, 0.1) is 13.2 Å². The van der Waals surface area contributed by atoms with Crippen LogP contribution in [0.1, 0.15) is 23.8 Å². The van der Waals surface area contributed by atoms with Gasteiger partial charge in [-0.25, -0.2) is 0 Å². The second kappa shape index (κ2) is 6.61. The number of benzene rings is 1. The third-order valence-corrected chi connectivity index (χ3v) is 4.78. The highest BCUT2D eigenvalue weighted by molar-refractivity contribution is 9.10. The maximum absolute atomic E-state index is 12.8. The lowest BCUT2D eigenvalue weighted by molar-refractivity contribution is -0.0516. The zero-order valence-corrected chi connectivity index (χ0v) is 15.7. The van der Waals surface area contributed by atoms with Crippen LogP contribution in [0.4, 0.5) is 0 Å². The van der Waals surface area contributed by atoms with Crippen molar-refractivity contribution in [2.45, 2.75) is 18.9 Å². The Morgan fingerprint density at radius 2 is 2.17 bits per heavy atom. The summed E-state index contributed by atoms with van der Waals surface area (Å²) in [5, 5.41) is 4.18. The number of aromatic amines is 1. The van der Waals surface area contributed by atoms with E-state index >= 15 is 0 Å². The van der Waals surface area contributed by atoms with Crippen molar-refractivity contribution in [1.29, 1.82) is 0 Å². The standard InChI is InChI=1S/C18H22BrN3O2/c1-4-13(9-22(2)3)18(10-24-11-18)21-17(23)16-8-12-7-14(19)5-6-15(12)20-16/h5-9,20H,4,10-11H2,1-3H3,(H,21,23)/b13-9+. The van der Waals surface area contributed by atoms with Crippen LogP contribution < -0.4 is 5.32 Å². The number of carbonyl (C=O) groups excluding carboxylic acids is 1. The van der Waals surface area contributed by atoms with Gasteiger partial charge in [0, 0.05) is 35.7 Å². The lowest BCUT2D eigenvalue weighted by atomic mass is 9.86. The highest BCUT2D eigenvalue weighted by Crippen LogP contribution is 2.29. The summed E-state index contributed by atoms with van der Waals surface area (Å²) in [5.74, 6) is -0.108. The van der Waals surface area contributed by atoms with Crippen LogP contribution in [0.25, 0.3) is 10.9 Å². The molecule has 3 rings (SSSR count). The molecule has 1 aromatic heterocycles. The van der Waals surface area contributed by atoms with Crippen LogP contribution in [0.15, 0.2) is 40.5 Å². The van der Waals surface area contributed by atoms with E-state index in [0.29, 0.717) is 18.9 Å². The molecule has 0 aliphatic carbocycles. The van der Waals surface area contributed by atoms with E-state index in [2.05, 4.69) is 39.4 Å². The van der Waals surface area contributed by atoms with Gasteiger partial charge in [0.15, 0.2) is 0 Å². The van der Waals surface area contributed by atoms with Crippen LogP contribution in [0.5, 0.6) is 0 Å². The minimum absolute atomic E-state index is 0.108. The fourth-order valence-corrected chi connectivity index (χ4v) is 3.40. The highest BCUT2D eigenvalue weighted by Gasteiger charge is 2.43. The summed E-state index contributed by atoms with van der Waals surface area (Å²) >= 11 is 3.46. The predicted molar refractivity (Wildman–Crippen MR) is 99.1 cm³/mol. The minimum atomic E-state index is -0.409. The molecule has 1 aliphatic heterocycles. The molecule has 0 radical (unpaired) electrons. The highest BCUT2D eigenvalue weighted by atomic mass is 79.9. The van der Waals surface area contributed by atoms with E-state index in [1.807, 2.05) is 43.3 Å². The van der Waals surface area contributed by atoms with Gasteiger partial charge in [0.1, 0.15) is 11.2 Å². The van der Waals surface area contributed by atoms with E-state index in [-0.39, 0.29) is 5.91 Å². The number of rotatable bonds is 5. The SMILES string of the molecule is CC/C(=C\N(C)C)C1(NC(=O)c2cc3cc(Br)ccc3[nH]2)COC1. The third kappa shape index (κ3) is 3.21. The molecule has 5 nitrogen and oxygen atoms in total. The Kier molecular flexibility index (Phi) is 4.69. The first-order valence-electron chi connectivity index (χ1n) is 7.99. The number of aromatic nitrogens is 1. The summed E-state index contributed by atoms with van der Waals surface area (Å²) in [6.07, 6.45) is 2.94. The molecule has 0 spiro atoms. The van der Waals surface area contributed by atoms with E-state index in [4.69, 9.17) is 4.74 Å². The molecule has 24 heavy (non-hydrogen) atoms. The van der Waals surface area contributed by atoms with Crippen LogP contribution in [-0.4, -0.2) is 48.6 Å². The van der Waals surface area contributed by atoms with E-state index < -0.39 is 5.54 Å². The van der Waals surface area contributed by atoms with Crippen LogP contribution in [-0.2, 0) is 4.74 Å². The fraction of sp³-hybridized carbons (Fsp3) is 0.389. The van der Waals surface area contributed by atoms with Gasteiger partial charge in [-0.1, -0.05) is 22.9 Å². The molecule has 6 heteroatoms. The average Bonchev–Trinajstić information content (AvgIpc) is 2.91. The zero-order chi connectivity index (χ0) is 17.3. The van der Waals surface area contributed by atoms with Gasteiger partial charge < -0.3 is 19.9 Å². The second-order valence-corrected chi connectivity index (χ2v) is 7.33. The zero-order valence-electron chi connectivity index (χ0n) is 14.1. The number of halogens is 1. The number of amides is 1. The van der Waals surface area contributed by atoms with Crippen molar-refractivity contribution in [2.75, 3.05) is 27.3 Å². The number of carbonyl (C=O) groups is 1. The molecule has 0 atom stereocenters. The fourth-order valence-electron chi connectivity index (χ4n) is 3.02. The van der Waals surface area contributed by atoms with Gasteiger partial charge in [-0.15, -0.1) is 0 Å². The van der Waals surface area contributed by atoms with Crippen molar-refractivity contribution >= 4 is 32.7 Å². The molecule has 1 aromatic carbocycles. The number of ether oxygens (including phenoxy) is 1. The van der Waals surface area contributed by atoms with E-state index in [0.717, 1.165) is 21.8 Å². The van der Waals surface area contributed by atoms with Gasteiger partial charge in [-0.05, 0) is 36.3 Å². The lowest BCUT2D eigenvalue weighted by Gasteiger charge is -2.44. The summed E-state index contributed by atoms with van der Waals surface area (Å²) < 4.78 is 6.42. The van der Waals surface area contributed by atoms with Gasteiger partial charge >= 0.3 is 0 Å². The summed E-state index contributed by atoms with van der Waals surface area (Å²) in [4.78, 5) is 18.0. The van der Waals surface area contributed by atoms with Crippen LogP contribution in [0.2, 0.25) is 0 Å². The molecule has 1 saturated heterocycles. The van der Waals surface area contributed by atoms with Crippen LogP contribution in [0.3, 0.4) is 0 Å². The molecule has 1 fully saturated rings. The van der Waals surface area contributed by atoms with E-state index in [1.165, 1.54) is 5.57 Å². The Bertz CT molecular complexity index is 791. The molecule has 0 bridgehead atoms. The normalized spacial score (nSPS) is 16.8. The first kappa shape index (κ1) is 17.0. The quantitative estimate of drug-likeness (QED) is 0.821. The van der Waals surface area contributed by atoms with Crippen molar-refractivity contribution in [1.82, 2.24) is 15.2 Å². The van der Waals surface area contributed by atoms with Gasteiger partial charge in [0.25, 0.3) is 5.91 Å². The number of H-pyrrole nitrogens is 1. The molecule has 2 N–H and O–H groups in total. The maximum Gasteiger partial charge on any atom is 0.268 e. The Balaban J connectivity index is 1.86. The molecule has 128 valence electrons. The molecule has 2 aromatic rings. The minimum Gasteiger partial charge on any atom is -0.383 e. The first-order chi connectivity index (χ1) is 11.4. The topological polar surface area (TPSA) is 57.4 Å². The maximum atomic E-state index is 12.8. The molecule has 2 heterocycles. The van der Waals surface area contributed by atoms with Crippen LogP contribution >= 0.6 is 15.9 Å². The first-order valence-corrected chi connectivity index (χ1v) is 8.79. The smallest absolute Gasteiger partial charge is 0.268 e. The van der Waals surface area contributed by atoms with Gasteiger partial charge in [-0.2, -0.15) is 0 Å². The molecular weight excluding hydrogens is 370 g/mol. The van der Waals surface area contributed by atoms with E-state index in [1.54, 1.807) is 0 Å². The second-order valence-electron chi connectivity index (χ2n) is 6.42. The molecule has 1 amide bonds. The van der Waals surface area contributed by atoms with Gasteiger partial charge in [-0.3, -0.25) is 4.79 Å². The molecule has 0 unspecified atom stereocenters. The lowest BCUT2D eigenvalue weighted by Crippen LogP contribution is -2.63. The number of nitrogens with zero attached hydrogens (tertiary/aromatic N) is 1. The van der Waals surface area contributed by atoms with E-state index in [9.17, 15) is 4.79 Å². The summed E-state index contributed by atoms with van der Waals surface area (Å²) in [6, 6.07) is 7.79. The van der Waals surface area contributed by atoms with Crippen molar-refractivity contribution < 1.29 is 9.53 Å². The number of hydrogen-bond donors (Lipinski definition) is 2. The molecule has 0 saturated carbocycles. The summed E-state index contributed by atoms with van der Waals surface area (Å²) in [6.45, 7) is 3.12. The Labute approximate surface area is 150 Å². The molecular formula is C18H22BrN3O2. The number of hydrogen-bond acceptors (Lipinski definition) is 3. The number of nitrogens with one attached hydrogen (secondary N) is 2. The number of fused-ring (bicyclic) bond motifs is 1. The Hall–Kier alpha value is -1.79. The largest absolute Gasteiger partial charge is 0.383 e. The average molecular weight is 392 g/mol. The Morgan fingerprint density at radius 3 is 2.75 bits per heavy atom. The predicted octanol–water partition coefficient (Wildman–Crippen LogP) is 3.28. The van der Waals surface area contributed by atoms with Crippen molar-refractivity contribution in [3.63, 3.8) is 0 Å². The third-order valence-electron chi connectivity index (χ3n) is 4.29. The van der Waals surface area contributed by atoms with Crippen LogP contribution in [0, 0.1) is 0 Å². The van der Waals surface area contributed by atoms with Crippen molar-refractivity contribution in [2.24, 2.45) is 0 Å². The summed E-state index contributed by atoms with van der Waals surface area (Å²) in [5.41, 5.74) is 2.27. The Morgan fingerprint density at radius 1 is 1.42 bits per heavy atom. The van der Waals surface area contributed by atoms with Gasteiger partial charge in [0.2, 0.25) is 0 Å². The summed E-state index contributed by atoms with van der Waals surface area (Å²) in [7, 11) is 3.97. The van der Waals surface area contributed by atoms with Crippen molar-refractivity contribution in [3.8, 4) is 0 Å². The van der Waals surface area contributed by atoms with Crippen molar-refractivity contribution in [3.05, 3.63) is 46.2 Å². The monoisotopic (exact) mass is 391 g/mol. The molecule has 1 aliphatic rings.